The number of anilines is 2. The summed E-state index contributed by atoms with van der Waals surface area (Å²) in [4.78, 5) is 0. The Morgan fingerprint density at radius 2 is 0.810 bits per heavy atom. The van der Waals surface area contributed by atoms with Crippen LogP contribution < -0.4 is 11.5 Å². The zero-order valence-corrected chi connectivity index (χ0v) is 11.8. The summed E-state index contributed by atoms with van der Waals surface area (Å²) in [6.07, 6.45) is 0.919. The highest BCUT2D eigenvalue weighted by molar-refractivity contribution is 5.65. The SMILES string of the molecule is Nc1ccc(Cc2ccc(-c3ccc(N)cc3)cc2)cc1. The fraction of sp³-hybridized carbons (Fsp3) is 0.0526. The van der Waals surface area contributed by atoms with Crippen LogP contribution in [0.3, 0.4) is 0 Å². The van der Waals surface area contributed by atoms with Crippen molar-refractivity contribution in [2.75, 3.05) is 11.5 Å². The van der Waals surface area contributed by atoms with E-state index in [1.165, 1.54) is 22.3 Å². The van der Waals surface area contributed by atoms with E-state index in [0.717, 1.165) is 17.8 Å². The molecule has 0 aliphatic heterocycles. The first kappa shape index (κ1) is 13.3. The van der Waals surface area contributed by atoms with Crippen molar-refractivity contribution in [3.8, 4) is 11.1 Å². The molecule has 3 aromatic carbocycles. The smallest absolute Gasteiger partial charge is 0.0314 e. The van der Waals surface area contributed by atoms with Crippen LogP contribution in [0, 0.1) is 0 Å². The minimum atomic E-state index is 0.790. The number of rotatable bonds is 3. The van der Waals surface area contributed by atoms with E-state index >= 15 is 0 Å². The van der Waals surface area contributed by atoms with E-state index in [1.54, 1.807) is 0 Å². The van der Waals surface area contributed by atoms with E-state index in [-0.39, 0.29) is 0 Å². The molecule has 0 bridgehead atoms. The quantitative estimate of drug-likeness (QED) is 0.706. The van der Waals surface area contributed by atoms with Crippen LogP contribution in [0.1, 0.15) is 11.1 Å². The Bertz CT molecular complexity index is 711. The van der Waals surface area contributed by atoms with Crippen molar-refractivity contribution in [2.45, 2.75) is 6.42 Å². The lowest BCUT2D eigenvalue weighted by Crippen LogP contribution is -1.90. The molecule has 0 saturated carbocycles. The van der Waals surface area contributed by atoms with Gasteiger partial charge < -0.3 is 11.5 Å². The average Bonchev–Trinajstić information content (AvgIpc) is 2.51. The zero-order chi connectivity index (χ0) is 14.7. The van der Waals surface area contributed by atoms with Crippen LogP contribution in [0.4, 0.5) is 11.4 Å². The summed E-state index contributed by atoms with van der Waals surface area (Å²) in [6, 6.07) is 24.6. The Labute approximate surface area is 125 Å². The number of hydrogen-bond acceptors (Lipinski definition) is 2. The number of hydrogen-bond donors (Lipinski definition) is 2. The maximum Gasteiger partial charge on any atom is 0.0314 e. The molecule has 2 heteroatoms. The van der Waals surface area contributed by atoms with Crippen LogP contribution in [0.5, 0.6) is 0 Å². The molecule has 3 rings (SSSR count). The molecule has 104 valence electrons. The van der Waals surface area contributed by atoms with Gasteiger partial charge in [0, 0.05) is 11.4 Å². The highest BCUT2D eigenvalue weighted by Gasteiger charge is 2.00. The van der Waals surface area contributed by atoms with E-state index < -0.39 is 0 Å². The number of benzene rings is 3. The Hall–Kier alpha value is -2.74. The lowest BCUT2D eigenvalue weighted by Gasteiger charge is -2.06. The summed E-state index contributed by atoms with van der Waals surface area (Å²) in [7, 11) is 0. The lowest BCUT2D eigenvalue weighted by atomic mass is 10.00. The van der Waals surface area contributed by atoms with Crippen LogP contribution >= 0.6 is 0 Å². The number of nitrogen functional groups attached to an aromatic ring is 2. The van der Waals surface area contributed by atoms with Crippen molar-refractivity contribution in [3.63, 3.8) is 0 Å². The summed E-state index contributed by atoms with van der Waals surface area (Å²) < 4.78 is 0. The summed E-state index contributed by atoms with van der Waals surface area (Å²) in [5.41, 5.74) is 18.0. The standard InChI is InChI=1S/C19H18N2/c20-18-9-3-15(4-10-18)13-14-1-5-16(6-2-14)17-7-11-19(21)12-8-17/h1-12H,13,20-21H2. The topological polar surface area (TPSA) is 52.0 Å². The molecule has 0 radical (unpaired) electrons. The third kappa shape index (κ3) is 3.23. The maximum absolute atomic E-state index is 5.72. The molecule has 0 heterocycles. The molecule has 0 aliphatic rings. The third-order valence-corrected chi connectivity index (χ3v) is 3.59. The summed E-state index contributed by atoms with van der Waals surface area (Å²) in [5.74, 6) is 0. The molecular formula is C19H18N2. The Balaban J connectivity index is 1.77. The van der Waals surface area contributed by atoms with E-state index in [0.29, 0.717) is 0 Å². The molecule has 4 N–H and O–H groups in total. The Kier molecular flexibility index (Phi) is 3.61. The van der Waals surface area contributed by atoms with Crippen molar-refractivity contribution in [3.05, 3.63) is 83.9 Å². The van der Waals surface area contributed by atoms with Crippen LogP contribution in [0.2, 0.25) is 0 Å². The molecule has 0 saturated heterocycles. The fourth-order valence-corrected chi connectivity index (χ4v) is 2.36. The van der Waals surface area contributed by atoms with Gasteiger partial charge in [-0.15, -0.1) is 0 Å². The van der Waals surface area contributed by atoms with E-state index in [9.17, 15) is 0 Å². The van der Waals surface area contributed by atoms with Crippen molar-refractivity contribution in [1.82, 2.24) is 0 Å². The van der Waals surface area contributed by atoms with Gasteiger partial charge in [-0.25, -0.2) is 0 Å². The summed E-state index contributed by atoms with van der Waals surface area (Å²) in [5, 5.41) is 0. The van der Waals surface area contributed by atoms with Gasteiger partial charge in [-0.2, -0.15) is 0 Å². The fourth-order valence-electron chi connectivity index (χ4n) is 2.36. The van der Waals surface area contributed by atoms with Gasteiger partial charge >= 0.3 is 0 Å². The molecule has 21 heavy (non-hydrogen) atoms. The van der Waals surface area contributed by atoms with Gasteiger partial charge in [-0.1, -0.05) is 48.5 Å². The van der Waals surface area contributed by atoms with Crippen LogP contribution in [-0.2, 0) is 6.42 Å². The molecule has 2 nitrogen and oxygen atoms in total. The predicted molar refractivity (Wildman–Crippen MR) is 90.0 cm³/mol. The number of nitrogens with two attached hydrogens (primary N) is 2. The second kappa shape index (κ2) is 5.71. The van der Waals surface area contributed by atoms with Gasteiger partial charge in [0.25, 0.3) is 0 Å². The van der Waals surface area contributed by atoms with Crippen molar-refractivity contribution in [2.24, 2.45) is 0 Å². The van der Waals surface area contributed by atoms with Crippen LogP contribution in [0.15, 0.2) is 72.8 Å². The van der Waals surface area contributed by atoms with Gasteiger partial charge in [0.2, 0.25) is 0 Å². The molecular weight excluding hydrogens is 256 g/mol. The van der Waals surface area contributed by atoms with Gasteiger partial charge in [0.1, 0.15) is 0 Å². The van der Waals surface area contributed by atoms with Gasteiger partial charge in [0.15, 0.2) is 0 Å². The molecule has 0 spiro atoms. The largest absolute Gasteiger partial charge is 0.399 e. The first-order chi connectivity index (χ1) is 10.2. The molecule has 3 aromatic rings. The van der Waals surface area contributed by atoms with Crippen molar-refractivity contribution < 1.29 is 0 Å². The van der Waals surface area contributed by atoms with Crippen LogP contribution in [-0.4, -0.2) is 0 Å². The average molecular weight is 274 g/mol. The van der Waals surface area contributed by atoms with Crippen molar-refractivity contribution in [1.29, 1.82) is 0 Å². The Morgan fingerprint density at radius 1 is 0.476 bits per heavy atom. The highest BCUT2D eigenvalue weighted by Crippen LogP contribution is 2.22. The van der Waals surface area contributed by atoms with Gasteiger partial charge in [-0.05, 0) is 52.9 Å². The first-order valence-corrected chi connectivity index (χ1v) is 7.00. The normalized spacial score (nSPS) is 10.5. The first-order valence-electron chi connectivity index (χ1n) is 7.00. The summed E-state index contributed by atoms with van der Waals surface area (Å²) >= 11 is 0. The maximum atomic E-state index is 5.72. The Morgan fingerprint density at radius 3 is 1.29 bits per heavy atom. The second-order valence-electron chi connectivity index (χ2n) is 5.24. The van der Waals surface area contributed by atoms with E-state index in [1.807, 2.05) is 36.4 Å². The minimum absolute atomic E-state index is 0.790. The van der Waals surface area contributed by atoms with E-state index in [2.05, 4.69) is 36.4 Å². The molecule has 0 unspecified atom stereocenters. The monoisotopic (exact) mass is 274 g/mol. The van der Waals surface area contributed by atoms with E-state index in [4.69, 9.17) is 11.5 Å². The predicted octanol–water partition coefficient (Wildman–Crippen LogP) is 4.11. The van der Waals surface area contributed by atoms with Gasteiger partial charge in [-0.3, -0.25) is 0 Å². The van der Waals surface area contributed by atoms with Crippen LogP contribution in [0.25, 0.3) is 11.1 Å². The third-order valence-electron chi connectivity index (χ3n) is 3.59. The molecule has 0 aliphatic carbocycles. The summed E-state index contributed by atoms with van der Waals surface area (Å²) in [6.45, 7) is 0. The highest BCUT2D eigenvalue weighted by atomic mass is 14.5. The second-order valence-corrected chi connectivity index (χ2v) is 5.24. The molecule has 0 fully saturated rings. The minimum Gasteiger partial charge on any atom is -0.399 e. The zero-order valence-electron chi connectivity index (χ0n) is 11.8. The lowest BCUT2D eigenvalue weighted by molar-refractivity contribution is 1.19. The van der Waals surface area contributed by atoms with Crippen molar-refractivity contribution >= 4 is 11.4 Å². The molecule has 0 aromatic heterocycles. The van der Waals surface area contributed by atoms with Gasteiger partial charge in [0.05, 0.1) is 0 Å². The molecule has 0 atom stereocenters. The molecule has 0 amide bonds.